The van der Waals surface area contributed by atoms with Crippen molar-refractivity contribution in [1.29, 1.82) is 0 Å². The molecular formula is C11H16N4. The lowest BCUT2D eigenvalue weighted by atomic mass is 10.2. The van der Waals surface area contributed by atoms with E-state index in [1.54, 1.807) is 4.52 Å². The molecule has 0 aliphatic carbocycles. The molecule has 0 aromatic carbocycles. The van der Waals surface area contributed by atoms with Crippen LogP contribution in [0.4, 0.5) is 5.69 Å². The molecule has 0 atom stereocenters. The van der Waals surface area contributed by atoms with Crippen molar-refractivity contribution in [1.82, 2.24) is 14.6 Å². The Morgan fingerprint density at radius 1 is 1.40 bits per heavy atom. The van der Waals surface area contributed by atoms with Crippen LogP contribution in [0.25, 0.3) is 5.65 Å². The predicted octanol–water partition coefficient (Wildman–Crippen LogP) is 1.83. The highest BCUT2D eigenvalue weighted by Crippen LogP contribution is 2.17. The third-order valence-corrected chi connectivity index (χ3v) is 2.51. The maximum absolute atomic E-state index is 5.93. The van der Waals surface area contributed by atoms with E-state index in [-0.39, 0.29) is 0 Å². The topological polar surface area (TPSA) is 56.2 Å². The fourth-order valence-corrected chi connectivity index (χ4v) is 1.72. The molecule has 2 rings (SSSR count). The van der Waals surface area contributed by atoms with Gasteiger partial charge in [-0.1, -0.05) is 20.3 Å². The molecule has 2 aromatic heterocycles. The van der Waals surface area contributed by atoms with Crippen LogP contribution < -0.4 is 5.73 Å². The number of aryl methyl sites for hydroxylation is 2. The van der Waals surface area contributed by atoms with Gasteiger partial charge in [0.1, 0.15) is 5.69 Å². The lowest BCUT2D eigenvalue weighted by Crippen LogP contribution is -1.95. The standard InChI is InChI=1S/C11H16N4/c1-3-5-8-6-13-11-10(12)9(4-2)14-15(11)7-8/h6-7H,3-5,12H2,1-2H3. The molecule has 0 saturated heterocycles. The van der Waals surface area contributed by atoms with Crippen molar-refractivity contribution in [3.05, 3.63) is 23.7 Å². The third-order valence-electron chi connectivity index (χ3n) is 2.51. The van der Waals surface area contributed by atoms with E-state index >= 15 is 0 Å². The summed E-state index contributed by atoms with van der Waals surface area (Å²) in [6, 6.07) is 0. The van der Waals surface area contributed by atoms with E-state index < -0.39 is 0 Å². The summed E-state index contributed by atoms with van der Waals surface area (Å²) in [5.74, 6) is 0. The SMILES string of the molecule is CCCc1cnc2c(N)c(CC)nn2c1. The van der Waals surface area contributed by atoms with Crippen LogP contribution in [0.15, 0.2) is 12.4 Å². The van der Waals surface area contributed by atoms with Gasteiger partial charge in [0.15, 0.2) is 5.65 Å². The summed E-state index contributed by atoms with van der Waals surface area (Å²) in [5.41, 5.74) is 9.54. The molecule has 0 aliphatic rings. The first-order valence-electron chi connectivity index (χ1n) is 5.37. The number of nitrogens with two attached hydrogens (primary N) is 1. The van der Waals surface area contributed by atoms with Crippen molar-refractivity contribution < 1.29 is 0 Å². The molecule has 0 saturated carbocycles. The van der Waals surface area contributed by atoms with E-state index in [0.29, 0.717) is 5.69 Å². The molecule has 2 heterocycles. The summed E-state index contributed by atoms with van der Waals surface area (Å²) in [5, 5.41) is 4.40. The van der Waals surface area contributed by atoms with E-state index in [0.717, 1.165) is 30.6 Å². The van der Waals surface area contributed by atoms with Gasteiger partial charge in [0.05, 0.1) is 5.69 Å². The van der Waals surface area contributed by atoms with Crippen LogP contribution in [-0.2, 0) is 12.8 Å². The van der Waals surface area contributed by atoms with Crippen LogP contribution in [0.5, 0.6) is 0 Å². The van der Waals surface area contributed by atoms with Crippen molar-refractivity contribution in [3.63, 3.8) is 0 Å². The summed E-state index contributed by atoms with van der Waals surface area (Å²) in [6.07, 6.45) is 6.89. The zero-order valence-electron chi connectivity index (χ0n) is 9.20. The minimum absolute atomic E-state index is 0.709. The summed E-state index contributed by atoms with van der Waals surface area (Å²) in [6.45, 7) is 4.20. The zero-order chi connectivity index (χ0) is 10.8. The number of nitrogens with zero attached hydrogens (tertiary/aromatic N) is 3. The van der Waals surface area contributed by atoms with Gasteiger partial charge in [0.25, 0.3) is 0 Å². The lowest BCUT2D eigenvalue weighted by Gasteiger charge is -1.98. The van der Waals surface area contributed by atoms with Gasteiger partial charge in [0, 0.05) is 12.4 Å². The van der Waals surface area contributed by atoms with Crippen LogP contribution >= 0.6 is 0 Å². The van der Waals surface area contributed by atoms with Crippen LogP contribution in [0, 0.1) is 0 Å². The maximum Gasteiger partial charge on any atom is 0.178 e. The second-order valence-electron chi connectivity index (χ2n) is 3.69. The molecule has 4 heteroatoms. The summed E-state index contributed by atoms with van der Waals surface area (Å²) in [7, 11) is 0. The molecule has 0 bridgehead atoms. The largest absolute Gasteiger partial charge is 0.394 e. The molecular weight excluding hydrogens is 188 g/mol. The predicted molar refractivity (Wildman–Crippen MR) is 60.8 cm³/mol. The van der Waals surface area contributed by atoms with Crippen LogP contribution in [0.2, 0.25) is 0 Å². The Hall–Kier alpha value is -1.58. The molecule has 0 amide bonds. The Morgan fingerprint density at radius 2 is 2.20 bits per heavy atom. The first-order valence-corrected chi connectivity index (χ1v) is 5.37. The smallest absolute Gasteiger partial charge is 0.178 e. The number of anilines is 1. The highest BCUT2D eigenvalue weighted by molar-refractivity contribution is 5.67. The van der Waals surface area contributed by atoms with Crippen molar-refractivity contribution in [2.45, 2.75) is 33.1 Å². The summed E-state index contributed by atoms with van der Waals surface area (Å²) >= 11 is 0. The van der Waals surface area contributed by atoms with Crippen molar-refractivity contribution in [2.24, 2.45) is 0 Å². The molecule has 2 N–H and O–H groups in total. The van der Waals surface area contributed by atoms with Gasteiger partial charge in [-0.25, -0.2) is 9.50 Å². The third kappa shape index (κ3) is 1.67. The molecule has 0 fully saturated rings. The van der Waals surface area contributed by atoms with Crippen molar-refractivity contribution in [2.75, 3.05) is 5.73 Å². The zero-order valence-corrected chi connectivity index (χ0v) is 9.20. The highest BCUT2D eigenvalue weighted by atomic mass is 15.3. The van der Waals surface area contributed by atoms with Crippen molar-refractivity contribution >= 4 is 11.3 Å². The monoisotopic (exact) mass is 204 g/mol. The Morgan fingerprint density at radius 3 is 2.87 bits per heavy atom. The van der Waals surface area contributed by atoms with Crippen LogP contribution in [0.1, 0.15) is 31.5 Å². The first-order chi connectivity index (χ1) is 7.26. The van der Waals surface area contributed by atoms with Gasteiger partial charge >= 0.3 is 0 Å². The number of fused-ring (bicyclic) bond motifs is 1. The second kappa shape index (κ2) is 3.88. The van der Waals surface area contributed by atoms with Gasteiger partial charge in [-0.15, -0.1) is 0 Å². The minimum Gasteiger partial charge on any atom is -0.394 e. The van der Waals surface area contributed by atoms with Gasteiger partial charge < -0.3 is 5.73 Å². The van der Waals surface area contributed by atoms with E-state index in [1.165, 1.54) is 5.56 Å². The normalized spacial score (nSPS) is 11.1. The van der Waals surface area contributed by atoms with E-state index in [4.69, 9.17) is 5.73 Å². The number of hydrogen-bond donors (Lipinski definition) is 1. The molecule has 0 radical (unpaired) electrons. The number of rotatable bonds is 3. The van der Waals surface area contributed by atoms with Gasteiger partial charge in [-0.2, -0.15) is 5.10 Å². The Kier molecular flexibility index (Phi) is 2.58. The quantitative estimate of drug-likeness (QED) is 0.829. The molecule has 0 unspecified atom stereocenters. The van der Waals surface area contributed by atoms with Gasteiger partial charge in [-0.3, -0.25) is 0 Å². The highest BCUT2D eigenvalue weighted by Gasteiger charge is 2.08. The van der Waals surface area contributed by atoms with E-state index in [2.05, 4.69) is 17.0 Å². The number of aromatic nitrogens is 3. The molecule has 0 spiro atoms. The average molecular weight is 204 g/mol. The molecule has 4 nitrogen and oxygen atoms in total. The fourth-order valence-electron chi connectivity index (χ4n) is 1.72. The first kappa shape index (κ1) is 9.96. The van der Waals surface area contributed by atoms with Gasteiger partial charge in [-0.05, 0) is 18.4 Å². The minimum atomic E-state index is 0.709. The van der Waals surface area contributed by atoms with Gasteiger partial charge in [0.2, 0.25) is 0 Å². The van der Waals surface area contributed by atoms with E-state index in [9.17, 15) is 0 Å². The Labute approximate surface area is 89.1 Å². The molecule has 80 valence electrons. The van der Waals surface area contributed by atoms with Crippen LogP contribution in [0.3, 0.4) is 0 Å². The Bertz CT molecular complexity index is 473. The summed E-state index contributed by atoms with van der Waals surface area (Å²) < 4.78 is 1.79. The molecule has 2 aromatic rings. The number of nitrogen functional groups attached to an aromatic ring is 1. The molecule has 15 heavy (non-hydrogen) atoms. The Balaban J connectivity index is 2.53. The van der Waals surface area contributed by atoms with Crippen LogP contribution in [-0.4, -0.2) is 14.6 Å². The lowest BCUT2D eigenvalue weighted by molar-refractivity contribution is 0.845. The number of hydrogen-bond acceptors (Lipinski definition) is 3. The fraction of sp³-hybridized carbons (Fsp3) is 0.455. The summed E-state index contributed by atoms with van der Waals surface area (Å²) in [4.78, 5) is 4.34. The van der Waals surface area contributed by atoms with E-state index in [1.807, 2.05) is 19.3 Å². The average Bonchev–Trinajstić information content (AvgIpc) is 2.56. The van der Waals surface area contributed by atoms with Crippen molar-refractivity contribution in [3.8, 4) is 0 Å². The second-order valence-corrected chi connectivity index (χ2v) is 3.69. The maximum atomic E-state index is 5.93. The molecule has 0 aliphatic heterocycles.